The van der Waals surface area contributed by atoms with Crippen molar-refractivity contribution in [3.05, 3.63) is 36.3 Å². The summed E-state index contributed by atoms with van der Waals surface area (Å²) >= 11 is 0. The third kappa shape index (κ3) is 1.45. The molecule has 18 heavy (non-hydrogen) atoms. The third-order valence-electron chi connectivity index (χ3n) is 2.98. The lowest BCUT2D eigenvalue weighted by molar-refractivity contribution is 0.933. The van der Waals surface area contributed by atoms with E-state index in [1.165, 1.54) is 0 Å². The van der Waals surface area contributed by atoms with E-state index in [1.54, 1.807) is 18.7 Å². The molecule has 7 nitrogen and oxygen atoms in total. The van der Waals surface area contributed by atoms with Gasteiger partial charge >= 0.3 is 0 Å². The van der Waals surface area contributed by atoms with E-state index in [-0.39, 0.29) is 0 Å². The molecule has 0 atom stereocenters. The second-order valence-corrected chi connectivity index (χ2v) is 4.04. The summed E-state index contributed by atoms with van der Waals surface area (Å²) in [5.41, 5.74) is 5.31. The average Bonchev–Trinajstić information content (AvgIpc) is 2.97. The van der Waals surface area contributed by atoms with E-state index in [9.17, 15) is 0 Å². The van der Waals surface area contributed by atoms with Gasteiger partial charge in [0.1, 0.15) is 6.33 Å². The number of anilines is 1. The monoisotopic (exact) mass is 243 g/mol. The van der Waals surface area contributed by atoms with Crippen molar-refractivity contribution in [3.63, 3.8) is 0 Å². The van der Waals surface area contributed by atoms with Gasteiger partial charge in [-0.1, -0.05) is 0 Å². The van der Waals surface area contributed by atoms with Crippen LogP contribution in [0.15, 0.2) is 24.9 Å². The molecule has 0 saturated carbocycles. The summed E-state index contributed by atoms with van der Waals surface area (Å²) in [4.78, 5) is 13.0. The van der Waals surface area contributed by atoms with Crippen molar-refractivity contribution in [2.75, 3.05) is 5.43 Å². The predicted molar refractivity (Wildman–Crippen MR) is 67.4 cm³/mol. The van der Waals surface area contributed by atoms with E-state index < -0.39 is 0 Å². The smallest absolute Gasteiger partial charge is 0.184 e. The molecule has 0 unspecified atom stereocenters. The quantitative estimate of drug-likeness (QED) is 0.514. The summed E-state index contributed by atoms with van der Waals surface area (Å²) < 4.78 is 3.77. The van der Waals surface area contributed by atoms with E-state index in [1.807, 2.05) is 29.0 Å². The summed E-state index contributed by atoms with van der Waals surface area (Å²) in [7, 11) is 0. The maximum atomic E-state index is 5.43. The van der Waals surface area contributed by atoms with Gasteiger partial charge in [0.15, 0.2) is 17.3 Å². The van der Waals surface area contributed by atoms with E-state index in [0.29, 0.717) is 11.6 Å². The first-order chi connectivity index (χ1) is 8.70. The summed E-state index contributed by atoms with van der Waals surface area (Å²) in [5.74, 6) is 6.70. The molecule has 0 aliphatic carbocycles. The van der Waals surface area contributed by atoms with Crippen LogP contribution < -0.4 is 11.3 Å². The van der Waals surface area contributed by atoms with Crippen LogP contribution >= 0.6 is 0 Å². The van der Waals surface area contributed by atoms with Gasteiger partial charge in [0.2, 0.25) is 0 Å². The van der Waals surface area contributed by atoms with Crippen molar-refractivity contribution in [1.82, 2.24) is 23.9 Å². The summed E-state index contributed by atoms with van der Waals surface area (Å²) in [6.45, 7) is 3.95. The lowest BCUT2D eigenvalue weighted by Gasteiger charge is -2.08. The first-order valence-corrected chi connectivity index (χ1v) is 5.52. The Labute approximate surface area is 103 Å². The zero-order valence-electron chi connectivity index (χ0n) is 10.1. The largest absolute Gasteiger partial charge is 0.307 e. The summed E-state index contributed by atoms with van der Waals surface area (Å²) in [5, 5.41) is 0. The number of rotatable bonds is 2. The number of hydrogen-bond acceptors (Lipinski definition) is 5. The first kappa shape index (κ1) is 10.7. The van der Waals surface area contributed by atoms with Gasteiger partial charge in [-0.2, -0.15) is 0 Å². The fraction of sp³-hybridized carbons (Fsp3) is 0.182. The zero-order valence-corrected chi connectivity index (χ0v) is 10.1. The molecule has 0 amide bonds. The predicted octanol–water partition coefficient (Wildman–Crippen LogP) is 0.817. The molecule has 3 N–H and O–H groups in total. The number of hydrazine groups is 1. The Morgan fingerprint density at radius 3 is 2.78 bits per heavy atom. The lowest BCUT2D eigenvalue weighted by atomic mass is 10.4. The van der Waals surface area contributed by atoms with Gasteiger partial charge < -0.3 is 9.83 Å². The number of nitrogens with zero attached hydrogens (tertiary/aromatic N) is 5. The number of hydrogen-bond donors (Lipinski definition) is 2. The minimum atomic E-state index is 0.571. The SMILES string of the molecule is Cc1ncn(-c2nc(NN)cn3ccnc23)c1C. The number of nitrogen functional groups attached to an aromatic ring is 1. The van der Waals surface area contributed by atoms with Gasteiger partial charge in [0.25, 0.3) is 0 Å². The number of aromatic nitrogens is 5. The molecule has 3 aromatic heterocycles. The average molecular weight is 243 g/mol. The minimum absolute atomic E-state index is 0.571. The molecule has 3 aromatic rings. The van der Waals surface area contributed by atoms with E-state index in [0.717, 1.165) is 17.0 Å². The van der Waals surface area contributed by atoms with Crippen molar-refractivity contribution in [3.8, 4) is 5.82 Å². The van der Waals surface area contributed by atoms with Gasteiger partial charge in [0, 0.05) is 18.1 Å². The number of imidazole rings is 2. The molecular weight excluding hydrogens is 230 g/mol. The highest BCUT2D eigenvalue weighted by Gasteiger charge is 2.12. The second kappa shape index (κ2) is 3.81. The standard InChI is InChI=1S/C11H13N7/c1-7-8(2)18(6-14-7)11-10-13-3-4-17(10)5-9(15-11)16-12/h3-6,16H,12H2,1-2H3. The molecule has 0 radical (unpaired) electrons. The molecule has 3 rings (SSSR count). The molecular formula is C11H13N7. The van der Waals surface area contributed by atoms with E-state index >= 15 is 0 Å². The summed E-state index contributed by atoms with van der Waals surface area (Å²) in [6, 6.07) is 0. The van der Waals surface area contributed by atoms with Crippen LogP contribution in [0.2, 0.25) is 0 Å². The van der Waals surface area contributed by atoms with Gasteiger partial charge in [0.05, 0.1) is 11.9 Å². The third-order valence-corrected chi connectivity index (χ3v) is 2.98. The molecule has 0 saturated heterocycles. The van der Waals surface area contributed by atoms with Gasteiger partial charge in [-0.3, -0.25) is 4.57 Å². The molecule has 0 bridgehead atoms. The number of nitrogens with one attached hydrogen (secondary N) is 1. The number of nitrogens with two attached hydrogens (primary N) is 1. The molecule has 3 heterocycles. The maximum Gasteiger partial charge on any atom is 0.184 e. The Morgan fingerprint density at radius 1 is 1.28 bits per heavy atom. The van der Waals surface area contributed by atoms with Crippen LogP contribution in [-0.2, 0) is 0 Å². The van der Waals surface area contributed by atoms with Crippen LogP contribution in [0.25, 0.3) is 11.5 Å². The van der Waals surface area contributed by atoms with Crippen LogP contribution in [0.4, 0.5) is 5.82 Å². The molecule has 0 aromatic carbocycles. The second-order valence-electron chi connectivity index (χ2n) is 4.04. The lowest BCUT2D eigenvalue weighted by Crippen LogP contribution is -2.12. The molecule has 92 valence electrons. The van der Waals surface area contributed by atoms with E-state index in [2.05, 4.69) is 20.4 Å². The maximum absolute atomic E-state index is 5.43. The molecule has 0 aliphatic rings. The Balaban J connectivity index is 2.33. The molecule has 0 fully saturated rings. The molecule has 0 aliphatic heterocycles. The van der Waals surface area contributed by atoms with Crippen LogP contribution in [-0.4, -0.2) is 23.9 Å². The van der Waals surface area contributed by atoms with Gasteiger partial charge in [-0.25, -0.2) is 20.8 Å². The van der Waals surface area contributed by atoms with Crippen molar-refractivity contribution in [2.24, 2.45) is 5.84 Å². The summed E-state index contributed by atoms with van der Waals surface area (Å²) in [6.07, 6.45) is 7.09. The highest BCUT2D eigenvalue weighted by atomic mass is 15.3. The van der Waals surface area contributed by atoms with Crippen LogP contribution in [0.1, 0.15) is 11.4 Å². The topological polar surface area (TPSA) is 86.1 Å². The normalized spacial score (nSPS) is 11.1. The minimum Gasteiger partial charge on any atom is -0.307 e. The van der Waals surface area contributed by atoms with Crippen molar-refractivity contribution >= 4 is 11.5 Å². The van der Waals surface area contributed by atoms with Crippen LogP contribution in [0.5, 0.6) is 0 Å². The zero-order chi connectivity index (χ0) is 12.7. The Kier molecular flexibility index (Phi) is 2.27. The highest BCUT2D eigenvalue weighted by molar-refractivity contribution is 5.58. The van der Waals surface area contributed by atoms with Gasteiger partial charge in [-0.15, -0.1) is 0 Å². The number of aryl methyl sites for hydroxylation is 1. The van der Waals surface area contributed by atoms with E-state index in [4.69, 9.17) is 5.84 Å². The highest BCUT2D eigenvalue weighted by Crippen LogP contribution is 2.18. The number of fused-ring (bicyclic) bond motifs is 1. The van der Waals surface area contributed by atoms with Crippen LogP contribution in [0.3, 0.4) is 0 Å². The Morgan fingerprint density at radius 2 is 2.11 bits per heavy atom. The molecule has 7 heteroatoms. The Hall–Kier alpha value is -2.41. The van der Waals surface area contributed by atoms with Crippen molar-refractivity contribution < 1.29 is 0 Å². The fourth-order valence-electron chi connectivity index (χ4n) is 1.86. The molecule has 0 spiro atoms. The van der Waals surface area contributed by atoms with Gasteiger partial charge in [-0.05, 0) is 13.8 Å². The van der Waals surface area contributed by atoms with Crippen molar-refractivity contribution in [2.45, 2.75) is 13.8 Å². The van der Waals surface area contributed by atoms with Crippen molar-refractivity contribution in [1.29, 1.82) is 0 Å². The Bertz CT molecular complexity index is 709. The fourth-order valence-corrected chi connectivity index (χ4v) is 1.86. The first-order valence-electron chi connectivity index (χ1n) is 5.52. The van der Waals surface area contributed by atoms with Crippen LogP contribution in [0, 0.1) is 13.8 Å².